The van der Waals surface area contributed by atoms with Gasteiger partial charge in [0, 0.05) is 5.56 Å². The van der Waals surface area contributed by atoms with E-state index in [1.54, 1.807) is 4.90 Å². The Balaban J connectivity index is 1.60. The molecule has 4 rings (SSSR count). The van der Waals surface area contributed by atoms with Crippen LogP contribution in [0.15, 0.2) is 59.8 Å². The number of thiocarbonyl (C=S) groups is 1. The van der Waals surface area contributed by atoms with Crippen molar-refractivity contribution in [1.82, 2.24) is 15.2 Å². The Bertz CT molecular complexity index is 1010. The summed E-state index contributed by atoms with van der Waals surface area (Å²) < 4.78 is 0.546. The number of thioether (sulfide) groups is 1. The van der Waals surface area contributed by atoms with Crippen LogP contribution in [0.5, 0.6) is 0 Å². The van der Waals surface area contributed by atoms with Gasteiger partial charge in [-0.1, -0.05) is 60.4 Å². The number of carbonyl (C=O) groups excluding carboxylic acids is 1. The molecule has 2 heterocycles. The van der Waals surface area contributed by atoms with Gasteiger partial charge in [0.2, 0.25) is 0 Å². The molecule has 1 aliphatic heterocycles. The first kappa shape index (κ1) is 16.7. The number of carbonyl (C=O) groups is 1. The lowest BCUT2D eigenvalue weighted by Crippen LogP contribution is -2.27. The van der Waals surface area contributed by atoms with Crippen molar-refractivity contribution in [2.24, 2.45) is 0 Å². The van der Waals surface area contributed by atoms with E-state index in [9.17, 15) is 4.79 Å². The molecule has 0 bridgehead atoms. The molecule has 26 heavy (non-hydrogen) atoms. The molecule has 1 fully saturated rings. The van der Waals surface area contributed by atoms with E-state index in [0.717, 1.165) is 22.4 Å². The maximum Gasteiger partial charge on any atom is 0.270 e. The number of rotatable bonds is 3. The minimum atomic E-state index is -0.0927. The monoisotopic (exact) mass is 378 g/mol. The first-order chi connectivity index (χ1) is 12.6. The van der Waals surface area contributed by atoms with E-state index in [1.165, 1.54) is 18.1 Å². The number of nitrogens with zero attached hydrogens (tertiary/aromatic N) is 3. The summed E-state index contributed by atoms with van der Waals surface area (Å²) in [5.74, 6) is 0.618. The standard InChI is InChI=1S/C19H14N4OS2/c1-12-3-2-4-15(9-12)23-18(24)16(26-19(23)25)10-13-5-7-14(8-6-13)17-20-11-21-22-17/h2-11H,1H3,(H,20,21,22)/b16-10-. The van der Waals surface area contributed by atoms with E-state index in [1.807, 2.05) is 61.5 Å². The van der Waals surface area contributed by atoms with Crippen molar-refractivity contribution in [3.05, 3.63) is 70.9 Å². The van der Waals surface area contributed by atoms with E-state index in [0.29, 0.717) is 15.1 Å². The summed E-state index contributed by atoms with van der Waals surface area (Å²) in [4.78, 5) is 19.1. The summed E-state index contributed by atoms with van der Waals surface area (Å²) in [5, 5.41) is 6.68. The molecular weight excluding hydrogens is 364 g/mol. The van der Waals surface area contributed by atoms with E-state index in [2.05, 4.69) is 15.2 Å². The number of aromatic amines is 1. The number of hydrogen-bond donors (Lipinski definition) is 1. The van der Waals surface area contributed by atoms with Crippen molar-refractivity contribution in [3.8, 4) is 11.4 Å². The summed E-state index contributed by atoms with van der Waals surface area (Å²) in [6.07, 6.45) is 3.33. The highest BCUT2D eigenvalue weighted by molar-refractivity contribution is 8.27. The molecule has 0 atom stereocenters. The van der Waals surface area contributed by atoms with Crippen LogP contribution >= 0.6 is 24.0 Å². The molecule has 5 nitrogen and oxygen atoms in total. The fourth-order valence-corrected chi connectivity index (χ4v) is 3.99. The van der Waals surface area contributed by atoms with Crippen LogP contribution in [-0.2, 0) is 4.79 Å². The maximum absolute atomic E-state index is 12.8. The quantitative estimate of drug-likeness (QED) is 0.547. The lowest BCUT2D eigenvalue weighted by atomic mass is 10.1. The largest absolute Gasteiger partial charge is 0.270 e. The molecule has 1 aliphatic rings. The van der Waals surface area contributed by atoms with Gasteiger partial charge in [-0.3, -0.25) is 14.8 Å². The van der Waals surface area contributed by atoms with Gasteiger partial charge >= 0.3 is 0 Å². The molecule has 128 valence electrons. The molecule has 0 saturated carbocycles. The number of hydrogen-bond acceptors (Lipinski definition) is 5. The summed E-state index contributed by atoms with van der Waals surface area (Å²) in [6, 6.07) is 15.5. The Hall–Kier alpha value is -2.77. The van der Waals surface area contributed by atoms with Gasteiger partial charge < -0.3 is 0 Å². The van der Waals surface area contributed by atoms with Crippen molar-refractivity contribution >= 4 is 46.0 Å². The van der Waals surface area contributed by atoms with Crippen molar-refractivity contribution in [2.45, 2.75) is 6.92 Å². The number of benzene rings is 2. The third-order valence-electron chi connectivity index (χ3n) is 3.95. The fourth-order valence-electron chi connectivity index (χ4n) is 2.69. The number of aromatic nitrogens is 3. The van der Waals surface area contributed by atoms with Crippen LogP contribution in [0, 0.1) is 6.92 Å². The van der Waals surface area contributed by atoms with Gasteiger partial charge in [-0.25, -0.2) is 4.98 Å². The van der Waals surface area contributed by atoms with E-state index in [-0.39, 0.29) is 5.91 Å². The minimum Gasteiger partial charge on any atom is -0.268 e. The molecule has 0 aliphatic carbocycles. The molecule has 2 aromatic carbocycles. The van der Waals surface area contributed by atoms with Gasteiger partial charge in [0.1, 0.15) is 6.33 Å². The maximum atomic E-state index is 12.8. The van der Waals surface area contributed by atoms with Gasteiger partial charge in [-0.15, -0.1) is 0 Å². The molecule has 3 aromatic rings. The second-order valence-corrected chi connectivity index (χ2v) is 7.49. The van der Waals surface area contributed by atoms with Gasteiger partial charge in [0.25, 0.3) is 5.91 Å². The highest BCUT2D eigenvalue weighted by Crippen LogP contribution is 2.36. The molecule has 1 aromatic heterocycles. The topological polar surface area (TPSA) is 61.9 Å². The molecule has 1 N–H and O–H groups in total. The van der Waals surface area contributed by atoms with Crippen LogP contribution in [0.3, 0.4) is 0 Å². The van der Waals surface area contributed by atoms with Crippen molar-refractivity contribution in [3.63, 3.8) is 0 Å². The van der Waals surface area contributed by atoms with Crippen molar-refractivity contribution in [1.29, 1.82) is 0 Å². The lowest BCUT2D eigenvalue weighted by Gasteiger charge is -2.14. The first-order valence-electron chi connectivity index (χ1n) is 7.92. The lowest BCUT2D eigenvalue weighted by molar-refractivity contribution is -0.113. The van der Waals surface area contributed by atoms with Crippen LogP contribution in [-0.4, -0.2) is 25.4 Å². The van der Waals surface area contributed by atoms with E-state index >= 15 is 0 Å². The Kier molecular flexibility index (Phi) is 4.40. The molecular formula is C19H14N4OS2. The van der Waals surface area contributed by atoms with Crippen LogP contribution in [0.2, 0.25) is 0 Å². The number of anilines is 1. The SMILES string of the molecule is Cc1cccc(N2C(=O)/C(=C/c3ccc(-c4ncn[nH]4)cc3)SC2=S)c1. The highest BCUT2D eigenvalue weighted by atomic mass is 32.2. The smallest absolute Gasteiger partial charge is 0.268 e. The first-order valence-corrected chi connectivity index (χ1v) is 9.15. The van der Waals surface area contributed by atoms with Crippen LogP contribution in [0.4, 0.5) is 5.69 Å². The summed E-state index contributed by atoms with van der Waals surface area (Å²) in [7, 11) is 0. The van der Waals surface area contributed by atoms with Crippen LogP contribution in [0.1, 0.15) is 11.1 Å². The summed E-state index contributed by atoms with van der Waals surface area (Å²) >= 11 is 6.74. The average Bonchev–Trinajstić information content (AvgIpc) is 3.25. The van der Waals surface area contributed by atoms with Crippen LogP contribution < -0.4 is 4.90 Å². The van der Waals surface area contributed by atoms with E-state index < -0.39 is 0 Å². The predicted molar refractivity (Wildman–Crippen MR) is 109 cm³/mol. The third kappa shape index (κ3) is 3.18. The summed E-state index contributed by atoms with van der Waals surface area (Å²) in [5.41, 5.74) is 3.75. The zero-order chi connectivity index (χ0) is 18.1. The predicted octanol–water partition coefficient (Wildman–Crippen LogP) is 4.19. The number of nitrogens with one attached hydrogen (secondary N) is 1. The second kappa shape index (κ2) is 6.86. The number of H-pyrrole nitrogens is 1. The molecule has 0 radical (unpaired) electrons. The van der Waals surface area contributed by atoms with Crippen molar-refractivity contribution in [2.75, 3.05) is 4.90 Å². The molecule has 1 amide bonds. The van der Waals surface area contributed by atoms with Gasteiger partial charge in [-0.05, 0) is 36.3 Å². The highest BCUT2D eigenvalue weighted by Gasteiger charge is 2.33. The molecule has 1 saturated heterocycles. The zero-order valence-corrected chi connectivity index (χ0v) is 15.5. The second-order valence-electron chi connectivity index (χ2n) is 5.81. The fraction of sp³-hybridized carbons (Fsp3) is 0.0526. The summed E-state index contributed by atoms with van der Waals surface area (Å²) in [6.45, 7) is 1.99. The Morgan fingerprint density at radius 1 is 1.19 bits per heavy atom. The molecule has 0 unspecified atom stereocenters. The van der Waals surface area contributed by atoms with Gasteiger partial charge in [-0.2, -0.15) is 5.10 Å². The van der Waals surface area contributed by atoms with Gasteiger partial charge in [0.05, 0.1) is 10.6 Å². The average molecular weight is 378 g/mol. The van der Waals surface area contributed by atoms with Crippen molar-refractivity contribution < 1.29 is 4.79 Å². The molecule has 0 spiro atoms. The number of amides is 1. The van der Waals surface area contributed by atoms with E-state index in [4.69, 9.17) is 12.2 Å². The number of aryl methyl sites for hydroxylation is 1. The zero-order valence-electron chi connectivity index (χ0n) is 13.8. The Morgan fingerprint density at radius 3 is 2.69 bits per heavy atom. The molecule has 7 heteroatoms. The minimum absolute atomic E-state index is 0.0927. The normalized spacial score (nSPS) is 15.9. The third-order valence-corrected chi connectivity index (χ3v) is 5.25. The van der Waals surface area contributed by atoms with Gasteiger partial charge in [0.15, 0.2) is 10.1 Å². The van der Waals surface area contributed by atoms with Crippen LogP contribution in [0.25, 0.3) is 17.5 Å². The Morgan fingerprint density at radius 2 is 2.00 bits per heavy atom. The Labute approximate surface area is 160 Å².